The lowest BCUT2D eigenvalue weighted by molar-refractivity contribution is -0.140. The van der Waals surface area contributed by atoms with Gasteiger partial charge < -0.3 is 15.0 Å². The van der Waals surface area contributed by atoms with E-state index in [2.05, 4.69) is 5.32 Å². The van der Waals surface area contributed by atoms with Crippen molar-refractivity contribution in [1.82, 2.24) is 10.2 Å². The number of anilines is 1. The lowest BCUT2D eigenvalue weighted by Gasteiger charge is -2.33. The summed E-state index contributed by atoms with van der Waals surface area (Å²) in [5.74, 6) is 0.150. The van der Waals surface area contributed by atoms with E-state index < -0.39 is 28.5 Å². The van der Waals surface area contributed by atoms with Gasteiger partial charge >= 0.3 is 0 Å². The zero-order valence-corrected chi connectivity index (χ0v) is 23.2. The van der Waals surface area contributed by atoms with Gasteiger partial charge in [0.1, 0.15) is 18.3 Å². The highest BCUT2D eigenvalue weighted by Crippen LogP contribution is 2.23. The van der Waals surface area contributed by atoms with E-state index in [1.165, 1.54) is 4.90 Å². The molecule has 0 aliphatic carbocycles. The molecule has 198 valence electrons. The minimum atomic E-state index is -3.77. The average Bonchev–Trinajstić information content (AvgIpc) is 2.82. The molecule has 0 heterocycles. The molecule has 0 spiro atoms. The molecule has 2 amide bonds. The van der Waals surface area contributed by atoms with Crippen molar-refractivity contribution >= 4 is 27.5 Å². The molecule has 0 aliphatic heterocycles. The summed E-state index contributed by atoms with van der Waals surface area (Å²) in [7, 11) is -2.21. The van der Waals surface area contributed by atoms with E-state index in [-0.39, 0.29) is 18.4 Å². The number of rotatable bonds is 12. The number of hydrogen-bond acceptors (Lipinski definition) is 5. The zero-order valence-electron chi connectivity index (χ0n) is 22.4. The number of carbonyl (C=O) groups excluding carboxylic acids is 2. The Labute approximate surface area is 215 Å². The largest absolute Gasteiger partial charge is 0.497 e. The van der Waals surface area contributed by atoms with Crippen LogP contribution in [0.1, 0.15) is 43.9 Å². The summed E-state index contributed by atoms with van der Waals surface area (Å²) in [6.45, 7) is 9.85. The van der Waals surface area contributed by atoms with E-state index in [0.717, 1.165) is 27.3 Å². The first-order valence-electron chi connectivity index (χ1n) is 12.1. The van der Waals surface area contributed by atoms with Crippen LogP contribution in [-0.2, 0) is 26.2 Å². The number of ether oxygens (including phenoxy) is 1. The Kier molecular flexibility index (Phi) is 10.3. The highest BCUT2D eigenvalue weighted by Gasteiger charge is 2.31. The molecule has 9 heteroatoms. The van der Waals surface area contributed by atoms with E-state index >= 15 is 0 Å². The molecule has 0 bridgehead atoms. The van der Waals surface area contributed by atoms with Gasteiger partial charge in [-0.3, -0.25) is 13.9 Å². The summed E-state index contributed by atoms with van der Waals surface area (Å²) in [5, 5.41) is 2.92. The van der Waals surface area contributed by atoms with Crippen molar-refractivity contribution in [2.24, 2.45) is 5.92 Å². The van der Waals surface area contributed by atoms with Crippen molar-refractivity contribution in [1.29, 1.82) is 0 Å². The number of methoxy groups -OCH3 is 1. The number of sulfonamides is 1. The molecular formula is C27H39N3O5S. The highest BCUT2D eigenvalue weighted by atomic mass is 32.2. The summed E-state index contributed by atoms with van der Waals surface area (Å²) >= 11 is 0. The van der Waals surface area contributed by atoms with Crippen molar-refractivity contribution < 1.29 is 22.7 Å². The molecule has 8 nitrogen and oxygen atoms in total. The van der Waals surface area contributed by atoms with Crippen molar-refractivity contribution in [3.63, 3.8) is 0 Å². The molecule has 1 atom stereocenters. The van der Waals surface area contributed by atoms with Gasteiger partial charge in [-0.2, -0.15) is 0 Å². The molecule has 2 rings (SSSR count). The van der Waals surface area contributed by atoms with Crippen LogP contribution in [0.3, 0.4) is 0 Å². The Morgan fingerprint density at radius 1 is 1.06 bits per heavy atom. The second-order valence-electron chi connectivity index (χ2n) is 9.47. The molecule has 0 unspecified atom stereocenters. The number of nitrogens with zero attached hydrogens (tertiary/aromatic N) is 2. The first-order chi connectivity index (χ1) is 16.9. The van der Waals surface area contributed by atoms with E-state index in [0.29, 0.717) is 24.4 Å². The molecule has 36 heavy (non-hydrogen) atoms. The first-order valence-corrected chi connectivity index (χ1v) is 14.0. The van der Waals surface area contributed by atoms with Gasteiger partial charge in [-0.25, -0.2) is 8.42 Å². The molecule has 0 fully saturated rings. The normalized spacial score (nSPS) is 12.2. The third-order valence-electron chi connectivity index (χ3n) is 6.02. The minimum absolute atomic E-state index is 0.133. The van der Waals surface area contributed by atoms with Crippen molar-refractivity contribution in [3.05, 3.63) is 59.2 Å². The number of hydrogen-bond donors (Lipinski definition) is 1. The number of benzene rings is 2. The molecule has 0 radical (unpaired) electrons. The van der Waals surface area contributed by atoms with Crippen LogP contribution in [0.15, 0.2) is 42.5 Å². The summed E-state index contributed by atoms with van der Waals surface area (Å²) in [4.78, 5) is 28.3. The molecule has 0 aromatic heterocycles. The quantitative estimate of drug-likeness (QED) is 0.464. The molecule has 0 aliphatic rings. The minimum Gasteiger partial charge on any atom is -0.497 e. The second kappa shape index (κ2) is 12.8. The number of amides is 2. The first kappa shape index (κ1) is 29.2. The van der Waals surface area contributed by atoms with E-state index in [4.69, 9.17) is 4.74 Å². The number of carbonyl (C=O) groups is 2. The molecule has 0 saturated heterocycles. The predicted molar refractivity (Wildman–Crippen MR) is 144 cm³/mol. The number of aryl methyl sites for hydroxylation is 2. The molecule has 2 aromatic carbocycles. The molecular weight excluding hydrogens is 478 g/mol. The van der Waals surface area contributed by atoms with Crippen LogP contribution >= 0.6 is 0 Å². The van der Waals surface area contributed by atoms with Gasteiger partial charge in [0.05, 0.1) is 19.1 Å². The van der Waals surface area contributed by atoms with Crippen LogP contribution < -0.4 is 14.4 Å². The van der Waals surface area contributed by atoms with Crippen LogP contribution in [0.2, 0.25) is 0 Å². The fourth-order valence-electron chi connectivity index (χ4n) is 3.80. The maximum absolute atomic E-state index is 13.7. The van der Waals surface area contributed by atoms with Crippen molar-refractivity contribution in [2.75, 3.05) is 30.8 Å². The summed E-state index contributed by atoms with van der Waals surface area (Å²) < 4.78 is 31.9. The third kappa shape index (κ3) is 7.98. The van der Waals surface area contributed by atoms with E-state index in [9.17, 15) is 18.0 Å². The molecule has 2 aromatic rings. The van der Waals surface area contributed by atoms with Crippen LogP contribution in [0.5, 0.6) is 5.75 Å². The maximum atomic E-state index is 13.7. The maximum Gasteiger partial charge on any atom is 0.244 e. The standard InChI is InChI=1S/C27H39N3O5S/c1-8-25(27(32)28-16-19(2)3)29(17-22-10-9-11-24(15-22)35-6)26(31)18-30(36(7,33)34)23-13-12-20(4)21(5)14-23/h9-15,19,25H,8,16-18H2,1-7H3,(H,28,32)/t25-/m0/s1. The van der Waals surface area contributed by atoms with E-state index in [1.54, 1.807) is 31.4 Å². The molecule has 1 N–H and O–H groups in total. The second-order valence-corrected chi connectivity index (χ2v) is 11.4. The van der Waals surface area contributed by atoms with Crippen LogP contribution in [0.25, 0.3) is 0 Å². The lowest BCUT2D eigenvalue weighted by atomic mass is 10.1. The van der Waals surface area contributed by atoms with Crippen molar-refractivity contribution in [3.8, 4) is 5.75 Å². The fourth-order valence-corrected chi connectivity index (χ4v) is 4.65. The van der Waals surface area contributed by atoms with Gasteiger partial charge in [0.25, 0.3) is 0 Å². The Morgan fingerprint density at radius 3 is 2.31 bits per heavy atom. The Morgan fingerprint density at radius 2 is 1.75 bits per heavy atom. The number of nitrogens with one attached hydrogen (secondary N) is 1. The predicted octanol–water partition coefficient (Wildman–Crippen LogP) is 3.66. The Balaban J connectivity index is 2.46. The smallest absolute Gasteiger partial charge is 0.244 e. The Hall–Kier alpha value is -3.07. The van der Waals surface area contributed by atoms with E-state index in [1.807, 2.05) is 52.8 Å². The van der Waals surface area contributed by atoms with Gasteiger partial charge in [-0.05, 0) is 67.1 Å². The van der Waals surface area contributed by atoms with Gasteiger partial charge in [0.2, 0.25) is 21.8 Å². The monoisotopic (exact) mass is 517 g/mol. The zero-order chi connectivity index (χ0) is 27.0. The summed E-state index contributed by atoms with van der Waals surface area (Å²) in [5.41, 5.74) is 3.12. The van der Waals surface area contributed by atoms with Gasteiger partial charge in [0.15, 0.2) is 0 Å². The van der Waals surface area contributed by atoms with Crippen LogP contribution in [0, 0.1) is 19.8 Å². The average molecular weight is 518 g/mol. The summed E-state index contributed by atoms with van der Waals surface area (Å²) in [6, 6.07) is 11.8. The van der Waals surface area contributed by atoms with Gasteiger partial charge in [-0.15, -0.1) is 0 Å². The lowest BCUT2D eigenvalue weighted by Crippen LogP contribution is -2.52. The van der Waals surface area contributed by atoms with Crippen LogP contribution in [-0.4, -0.2) is 57.6 Å². The van der Waals surface area contributed by atoms with Crippen LogP contribution in [0.4, 0.5) is 5.69 Å². The SMILES string of the molecule is CC[C@@H](C(=O)NCC(C)C)N(Cc1cccc(OC)c1)C(=O)CN(c1ccc(C)c(C)c1)S(C)(=O)=O. The highest BCUT2D eigenvalue weighted by molar-refractivity contribution is 7.92. The summed E-state index contributed by atoms with van der Waals surface area (Å²) in [6.07, 6.45) is 1.46. The van der Waals surface area contributed by atoms with Gasteiger partial charge in [-0.1, -0.05) is 39.0 Å². The van der Waals surface area contributed by atoms with Crippen molar-refractivity contribution in [2.45, 2.75) is 53.6 Å². The topological polar surface area (TPSA) is 96.0 Å². The Bertz CT molecular complexity index is 1160. The van der Waals surface area contributed by atoms with Gasteiger partial charge in [0, 0.05) is 13.1 Å². The third-order valence-corrected chi connectivity index (χ3v) is 7.16. The fraction of sp³-hybridized carbons (Fsp3) is 0.481. The molecule has 0 saturated carbocycles.